The Morgan fingerprint density at radius 3 is 2.50 bits per heavy atom. The molecule has 2 aromatic heterocycles. The van der Waals surface area contributed by atoms with Crippen LogP contribution in [0.15, 0.2) is 73.1 Å². The van der Waals surface area contributed by atoms with Crippen LogP contribution in [0.25, 0.3) is 11.3 Å². The van der Waals surface area contributed by atoms with Crippen LogP contribution in [0.4, 0.5) is 16.2 Å². The van der Waals surface area contributed by atoms with E-state index in [4.69, 9.17) is 14.8 Å². The second-order valence-electron chi connectivity index (χ2n) is 15.6. The van der Waals surface area contributed by atoms with Gasteiger partial charge < -0.3 is 15.4 Å². The monoisotopic (exact) mass is 756 g/mol. The van der Waals surface area contributed by atoms with Gasteiger partial charge in [-0.2, -0.15) is 5.10 Å². The molecule has 4 aromatic rings. The Labute approximate surface area is 324 Å². The summed E-state index contributed by atoms with van der Waals surface area (Å²) in [4.78, 5) is 71.1. The van der Waals surface area contributed by atoms with Crippen molar-refractivity contribution in [2.45, 2.75) is 88.6 Å². The van der Waals surface area contributed by atoms with Crippen LogP contribution in [0.3, 0.4) is 0 Å². The summed E-state index contributed by atoms with van der Waals surface area (Å²) in [6.07, 6.45) is 10.6. The van der Waals surface area contributed by atoms with Crippen LogP contribution in [-0.2, 0) is 20.9 Å². The molecule has 14 heteroatoms. The Morgan fingerprint density at radius 1 is 0.875 bits per heavy atom. The van der Waals surface area contributed by atoms with Crippen LogP contribution < -0.4 is 16.0 Å². The van der Waals surface area contributed by atoms with Gasteiger partial charge in [-0.25, -0.2) is 4.79 Å². The van der Waals surface area contributed by atoms with Crippen molar-refractivity contribution >= 4 is 41.1 Å². The van der Waals surface area contributed by atoms with Crippen LogP contribution >= 0.6 is 0 Å². The van der Waals surface area contributed by atoms with Gasteiger partial charge in [-0.05, 0) is 93.2 Å². The van der Waals surface area contributed by atoms with E-state index in [1.165, 1.54) is 0 Å². The van der Waals surface area contributed by atoms with E-state index in [1.54, 1.807) is 23.1 Å². The third-order valence-corrected chi connectivity index (χ3v) is 11.7. The maximum Gasteiger partial charge on any atom is 0.411 e. The van der Waals surface area contributed by atoms with Gasteiger partial charge in [-0.3, -0.25) is 44.0 Å². The predicted octanol–water partition coefficient (Wildman–Crippen LogP) is 5.85. The fourth-order valence-electron chi connectivity index (χ4n) is 8.34. The number of nitrogens with zero attached hydrogens (tertiary/aromatic N) is 5. The first kappa shape index (κ1) is 35.6. The van der Waals surface area contributed by atoms with E-state index >= 15 is 0 Å². The minimum absolute atomic E-state index is 0.0820. The molecule has 2 aliphatic carbocycles. The first-order valence-corrected chi connectivity index (χ1v) is 19.7. The average molecular weight is 757 g/mol. The SMILES string of the molecule is O=C1CCC(N2C(=O)c3ccc(NCC4CC(n5cc(-c6cc(NC7CCCCN7C(=O)OCc7ccccc7)ccn6)c(C6CC6)n5)C4)cc3C2=O)C(=O)N1. The number of rotatable bonds is 11. The van der Waals surface area contributed by atoms with Gasteiger partial charge in [-0.1, -0.05) is 30.3 Å². The molecule has 0 radical (unpaired) electrons. The number of piperidine rings is 2. The summed E-state index contributed by atoms with van der Waals surface area (Å²) in [6.45, 7) is 1.58. The minimum Gasteiger partial charge on any atom is -0.444 e. The molecule has 288 valence electrons. The molecular weight excluding hydrogens is 713 g/mol. The number of aromatic nitrogens is 3. The van der Waals surface area contributed by atoms with Crippen molar-refractivity contribution in [1.82, 2.24) is 29.9 Å². The van der Waals surface area contributed by atoms with Crippen LogP contribution in [0, 0.1) is 5.92 Å². The van der Waals surface area contributed by atoms with Crippen LogP contribution in [0.5, 0.6) is 0 Å². The molecule has 2 aromatic carbocycles. The summed E-state index contributed by atoms with van der Waals surface area (Å²) in [5.74, 6) is -1.22. The van der Waals surface area contributed by atoms with Crippen LogP contribution in [-0.4, -0.2) is 79.6 Å². The number of imide groups is 2. The zero-order valence-corrected chi connectivity index (χ0v) is 31.0. The van der Waals surface area contributed by atoms with Gasteiger partial charge in [0.05, 0.1) is 28.6 Å². The van der Waals surface area contributed by atoms with Gasteiger partial charge >= 0.3 is 6.09 Å². The molecule has 3 aliphatic heterocycles. The highest BCUT2D eigenvalue weighted by atomic mass is 16.6. The van der Waals surface area contributed by atoms with Crippen molar-refractivity contribution in [3.63, 3.8) is 0 Å². The number of amides is 5. The zero-order chi connectivity index (χ0) is 38.3. The molecule has 5 aliphatic rings. The standard InChI is InChI=1S/C42H44N8O6/c51-37-14-13-35(39(52)46-37)50-40(53)31-12-11-28(20-32(31)41(50)54)44-22-26-18-30(19-26)49-23-33(38(47-49)27-9-10-27)34-21-29(15-16-43-34)45-36-8-4-5-17-48(36)42(55)56-24-25-6-2-1-3-7-25/h1-3,6-7,11-12,15-16,20-21,23,26-27,30,35-36,44H,4-5,8-10,13-14,17-19,22,24H2,(H,43,45)(H,46,51,52). The molecule has 9 rings (SSSR count). The van der Waals surface area contributed by atoms with E-state index in [0.717, 1.165) is 83.7 Å². The molecule has 14 nitrogen and oxygen atoms in total. The predicted molar refractivity (Wildman–Crippen MR) is 205 cm³/mol. The number of ether oxygens (including phenoxy) is 1. The number of hydrogen-bond donors (Lipinski definition) is 3. The Kier molecular flexibility index (Phi) is 9.47. The fraction of sp³-hybridized carbons (Fsp3) is 0.405. The molecule has 5 amide bonds. The summed E-state index contributed by atoms with van der Waals surface area (Å²) in [5.41, 5.74) is 6.10. The van der Waals surface area contributed by atoms with Crippen molar-refractivity contribution < 1.29 is 28.7 Å². The van der Waals surface area contributed by atoms with E-state index < -0.39 is 29.7 Å². The topological polar surface area (TPSA) is 168 Å². The van der Waals surface area contributed by atoms with Crippen LogP contribution in [0.1, 0.15) is 102 Å². The normalized spacial score (nSPS) is 23.4. The zero-order valence-electron chi connectivity index (χ0n) is 31.0. The molecule has 0 spiro atoms. The summed E-state index contributed by atoms with van der Waals surface area (Å²) in [5, 5.41) is 14.4. The summed E-state index contributed by atoms with van der Waals surface area (Å²) >= 11 is 0. The third kappa shape index (κ3) is 7.11. The number of nitrogens with one attached hydrogen (secondary N) is 3. The molecule has 2 saturated heterocycles. The average Bonchev–Trinajstić information content (AvgIpc) is 3.90. The summed E-state index contributed by atoms with van der Waals surface area (Å²) < 4.78 is 7.80. The fourth-order valence-corrected chi connectivity index (χ4v) is 8.34. The Hall–Kier alpha value is -6.05. The van der Waals surface area contributed by atoms with E-state index in [0.29, 0.717) is 24.9 Å². The van der Waals surface area contributed by atoms with Crippen molar-refractivity contribution in [3.05, 3.63) is 95.4 Å². The van der Waals surface area contributed by atoms with Crippen LogP contribution in [0.2, 0.25) is 0 Å². The van der Waals surface area contributed by atoms with Gasteiger partial charge in [0, 0.05) is 54.8 Å². The number of carbonyl (C=O) groups is 5. The molecule has 4 fully saturated rings. The smallest absolute Gasteiger partial charge is 0.411 e. The lowest BCUT2D eigenvalue weighted by molar-refractivity contribution is -0.136. The Balaban J connectivity index is 0.819. The first-order valence-electron chi connectivity index (χ1n) is 19.7. The number of pyridine rings is 1. The highest BCUT2D eigenvalue weighted by Gasteiger charge is 2.45. The Bertz CT molecular complexity index is 2200. The summed E-state index contributed by atoms with van der Waals surface area (Å²) in [7, 11) is 0. The molecular formula is C42H44N8O6. The lowest BCUT2D eigenvalue weighted by atomic mass is 9.80. The lowest BCUT2D eigenvalue weighted by Crippen LogP contribution is -2.54. The van der Waals surface area contributed by atoms with Gasteiger partial charge in [0.15, 0.2) is 0 Å². The van der Waals surface area contributed by atoms with Crippen molar-refractivity contribution in [2.75, 3.05) is 23.7 Å². The van der Waals surface area contributed by atoms with E-state index in [1.807, 2.05) is 42.6 Å². The third-order valence-electron chi connectivity index (χ3n) is 11.7. The maximum atomic E-state index is 13.3. The second-order valence-corrected chi connectivity index (χ2v) is 15.6. The number of anilines is 2. The van der Waals surface area contributed by atoms with E-state index in [9.17, 15) is 24.0 Å². The second kappa shape index (κ2) is 14.9. The highest BCUT2D eigenvalue weighted by molar-refractivity contribution is 6.23. The molecule has 56 heavy (non-hydrogen) atoms. The van der Waals surface area contributed by atoms with E-state index in [2.05, 4.69) is 32.9 Å². The van der Waals surface area contributed by atoms with Gasteiger partial charge in [-0.15, -0.1) is 0 Å². The number of fused-ring (bicyclic) bond motifs is 1. The number of benzene rings is 2. The number of hydrogen-bond acceptors (Lipinski definition) is 10. The minimum atomic E-state index is -0.987. The molecule has 5 heterocycles. The molecule has 2 unspecified atom stereocenters. The molecule has 0 bridgehead atoms. The van der Waals surface area contributed by atoms with Gasteiger partial charge in [0.25, 0.3) is 11.8 Å². The van der Waals surface area contributed by atoms with Gasteiger partial charge in [0.1, 0.15) is 18.8 Å². The largest absolute Gasteiger partial charge is 0.444 e. The molecule has 3 N–H and O–H groups in total. The van der Waals surface area contributed by atoms with E-state index in [-0.39, 0.29) is 48.9 Å². The maximum absolute atomic E-state index is 13.3. The van der Waals surface area contributed by atoms with Gasteiger partial charge in [0.2, 0.25) is 11.8 Å². The Morgan fingerprint density at radius 2 is 1.70 bits per heavy atom. The van der Waals surface area contributed by atoms with Crippen molar-refractivity contribution in [3.8, 4) is 11.3 Å². The highest BCUT2D eigenvalue weighted by Crippen LogP contribution is 2.46. The lowest BCUT2D eigenvalue weighted by Gasteiger charge is -2.36. The molecule has 2 atom stereocenters. The number of likely N-dealkylation sites (tertiary alicyclic amines) is 1. The van der Waals surface area contributed by atoms with Crippen molar-refractivity contribution in [2.24, 2.45) is 5.92 Å². The molecule has 2 saturated carbocycles. The number of carbonyl (C=O) groups excluding carboxylic acids is 5. The summed E-state index contributed by atoms with van der Waals surface area (Å²) in [6, 6.07) is 18.1. The first-order chi connectivity index (χ1) is 27.3. The quantitative estimate of drug-likeness (QED) is 0.158. The van der Waals surface area contributed by atoms with Crippen molar-refractivity contribution in [1.29, 1.82) is 0 Å².